The van der Waals surface area contributed by atoms with Crippen molar-refractivity contribution in [1.29, 1.82) is 0 Å². The third-order valence-electron chi connectivity index (χ3n) is 6.29. The molecular weight excluding hydrogens is 754 g/mol. The van der Waals surface area contributed by atoms with Crippen LogP contribution in [0.5, 0.6) is 0 Å². The molecule has 2 saturated carbocycles. The third-order valence-corrected chi connectivity index (χ3v) is 8.74. The van der Waals surface area contributed by atoms with Gasteiger partial charge in [-0.1, -0.05) is 197 Å². The fourth-order valence-electron chi connectivity index (χ4n) is 3.95. The summed E-state index contributed by atoms with van der Waals surface area (Å²) in [6, 6.07) is 32.3. The predicted molar refractivity (Wildman–Crippen MR) is 184 cm³/mol. The van der Waals surface area contributed by atoms with E-state index in [1.807, 2.05) is 41.5 Å². The molecule has 0 saturated heterocycles. The summed E-state index contributed by atoms with van der Waals surface area (Å²) in [5, 5.41) is 4.19. The summed E-state index contributed by atoms with van der Waals surface area (Å²) in [5.74, 6) is 4.71. The first-order valence-electron chi connectivity index (χ1n) is 15.4. The summed E-state index contributed by atoms with van der Waals surface area (Å²) in [6.45, 7) is 11.7. The number of benzene rings is 3. The Kier molecular flexibility index (Phi) is 26.3. The van der Waals surface area contributed by atoms with Crippen molar-refractivity contribution in [1.82, 2.24) is 0 Å². The fourth-order valence-corrected chi connectivity index (χ4v) is 6.25. The number of rotatable bonds is 3. The van der Waals surface area contributed by atoms with Crippen LogP contribution in [0.1, 0.15) is 106 Å². The van der Waals surface area contributed by atoms with E-state index in [1.165, 1.54) is 80.1 Å². The molecule has 1 radical (unpaired) electrons. The van der Waals surface area contributed by atoms with Crippen LogP contribution in [-0.2, 0) is 42.8 Å². The van der Waals surface area contributed by atoms with Crippen LogP contribution in [0.3, 0.4) is 0 Å². The van der Waals surface area contributed by atoms with Crippen LogP contribution in [0, 0.1) is 35.5 Å². The van der Waals surface area contributed by atoms with E-state index in [4.69, 9.17) is 12.8 Å². The average Bonchev–Trinajstić information content (AvgIpc) is 3.75. The van der Waals surface area contributed by atoms with Crippen LogP contribution in [0.25, 0.3) is 0 Å². The van der Waals surface area contributed by atoms with E-state index in [-0.39, 0.29) is 53.6 Å². The van der Waals surface area contributed by atoms with Gasteiger partial charge in [0.05, 0.1) is 0 Å². The zero-order valence-electron chi connectivity index (χ0n) is 27.5. The maximum absolute atomic E-state index is 6.60. The average molecular weight is 808 g/mol. The van der Waals surface area contributed by atoms with Crippen molar-refractivity contribution >= 4 is 23.8 Å². The van der Waals surface area contributed by atoms with E-state index < -0.39 is 7.92 Å². The SMILES string of the molecule is C1CCCC1.C1CCCC1.[C-]#CC(C)(C)C.[C-]#CC(C)(C)C.[Pt].[Ti+3].c1ccc(P(c2ccccc2)c2ccccc2)cc1. The van der Waals surface area contributed by atoms with Crippen LogP contribution < -0.4 is 15.9 Å². The number of hydrogen-bond donors (Lipinski definition) is 0. The van der Waals surface area contributed by atoms with E-state index >= 15 is 0 Å². The minimum absolute atomic E-state index is 0. The second kappa shape index (κ2) is 25.9. The van der Waals surface area contributed by atoms with Crippen LogP contribution in [0.4, 0.5) is 0 Å². The van der Waals surface area contributed by atoms with Gasteiger partial charge in [-0.25, -0.2) is 0 Å². The van der Waals surface area contributed by atoms with Gasteiger partial charge >= 0.3 is 21.7 Å². The molecule has 0 atom stereocenters. The van der Waals surface area contributed by atoms with Crippen LogP contribution in [0.15, 0.2) is 91.0 Å². The van der Waals surface area contributed by atoms with E-state index in [9.17, 15) is 0 Å². The Bertz CT molecular complexity index is 966. The Hall–Kier alpha value is -1.39. The molecule has 3 aromatic carbocycles. The molecule has 43 heavy (non-hydrogen) atoms. The van der Waals surface area contributed by atoms with Crippen molar-refractivity contribution in [3.8, 4) is 11.8 Å². The summed E-state index contributed by atoms with van der Waals surface area (Å²) in [4.78, 5) is 0. The number of hydrogen-bond acceptors (Lipinski definition) is 0. The molecule has 3 heteroatoms. The molecule has 0 unspecified atom stereocenters. The summed E-state index contributed by atoms with van der Waals surface area (Å²) < 4.78 is 0. The Labute approximate surface area is 296 Å². The maximum Gasteiger partial charge on any atom is 3.00 e. The molecule has 3 aromatic rings. The van der Waals surface area contributed by atoms with Gasteiger partial charge in [-0.2, -0.15) is 0 Å². The van der Waals surface area contributed by atoms with Crippen molar-refractivity contribution in [3.63, 3.8) is 0 Å². The summed E-state index contributed by atoms with van der Waals surface area (Å²) in [7, 11) is -0.446. The molecule has 0 aromatic heterocycles. The molecule has 0 heterocycles. The van der Waals surface area contributed by atoms with Crippen molar-refractivity contribution < 1.29 is 42.8 Å². The van der Waals surface area contributed by atoms with Crippen molar-refractivity contribution in [2.75, 3.05) is 0 Å². The van der Waals surface area contributed by atoms with Gasteiger partial charge in [0, 0.05) is 21.1 Å². The Morgan fingerprint density at radius 1 is 0.442 bits per heavy atom. The van der Waals surface area contributed by atoms with E-state index in [0.29, 0.717) is 0 Å². The van der Waals surface area contributed by atoms with Gasteiger partial charge in [-0.15, -0.1) is 0 Å². The Morgan fingerprint density at radius 3 is 0.744 bits per heavy atom. The summed E-state index contributed by atoms with van der Waals surface area (Å²) in [5.41, 5.74) is -0.0833. The van der Waals surface area contributed by atoms with Gasteiger partial charge in [-0.05, 0) is 34.7 Å². The minimum Gasteiger partial charge on any atom is -0.693 e. The Morgan fingerprint density at radius 2 is 0.605 bits per heavy atom. The first-order valence-corrected chi connectivity index (χ1v) is 16.7. The van der Waals surface area contributed by atoms with Crippen molar-refractivity contribution in [2.24, 2.45) is 10.8 Å². The maximum atomic E-state index is 6.60. The quantitative estimate of drug-likeness (QED) is 0.107. The molecule has 0 bridgehead atoms. The molecule has 0 nitrogen and oxygen atoms in total. The molecule has 0 amide bonds. The van der Waals surface area contributed by atoms with E-state index in [0.717, 1.165) is 0 Å². The van der Waals surface area contributed by atoms with Crippen LogP contribution in [0.2, 0.25) is 0 Å². The van der Waals surface area contributed by atoms with Gasteiger partial charge in [0.15, 0.2) is 0 Å². The molecule has 2 aliphatic carbocycles. The first kappa shape index (κ1) is 43.7. The summed E-state index contributed by atoms with van der Waals surface area (Å²) >= 11 is 0. The minimum atomic E-state index is -0.446. The third kappa shape index (κ3) is 23.6. The van der Waals surface area contributed by atoms with Crippen molar-refractivity contribution in [2.45, 2.75) is 106 Å². The van der Waals surface area contributed by atoms with E-state index in [1.54, 1.807) is 0 Å². The molecule has 0 N–H and O–H groups in total. The molecule has 0 aliphatic heterocycles. The smallest absolute Gasteiger partial charge is 0.693 e. The van der Waals surface area contributed by atoms with Gasteiger partial charge in [0.2, 0.25) is 0 Å². The van der Waals surface area contributed by atoms with E-state index in [2.05, 4.69) is 103 Å². The van der Waals surface area contributed by atoms with Crippen LogP contribution in [-0.4, -0.2) is 0 Å². The van der Waals surface area contributed by atoms with Crippen LogP contribution >= 0.6 is 7.92 Å². The molecule has 0 spiro atoms. The summed E-state index contributed by atoms with van der Waals surface area (Å²) in [6.07, 6.45) is 28.2. The molecule has 5 rings (SSSR count). The second-order valence-electron chi connectivity index (χ2n) is 12.6. The normalized spacial score (nSPS) is 13.1. The molecule has 231 valence electrons. The monoisotopic (exact) mass is 807 g/mol. The molecular formula is C40H53PPtTi+. The predicted octanol–water partition coefficient (Wildman–Crippen LogP) is 10.6. The Balaban J connectivity index is 0. The standard InChI is InChI=1S/C18H15P.2C6H9.2C5H10.Pt.Ti/c1-4-10-16(11-5-1)19(17-12-6-2-7-13-17)18-14-8-3-9-15-18;2*1-5-6(2,3)4;2*1-2-4-5-3-1;;/h1-15H;2*2-4H3;2*1-5H2;;/q;2*-1;;;;+3. The topological polar surface area (TPSA) is 0 Å². The van der Waals surface area contributed by atoms with Gasteiger partial charge < -0.3 is 24.7 Å². The zero-order valence-corrected chi connectivity index (χ0v) is 32.2. The largest absolute Gasteiger partial charge is 3.00 e. The van der Waals surface area contributed by atoms with Crippen molar-refractivity contribution in [3.05, 3.63) is 104 Å². The fraction of sp³-hybridized carbons (Fsp3) is 0.450. The first-order chi connectivity index (χ1) is 19.6. The molecule has 2 fully saturated rings. The zero-order chi connectivity index (χ0) is 30.4. The van der Waals surface area contributed by atoms with Gasteiger partial charge in [-0.3, -0.25) is 0 Å². The second-order valence-corrected chi connectivity index (χ2v) is 14.8. The van der Waals surface area contributed by atoms with Gasteiger partial charge in [0.1, 0.15) is 0 Å². The molecule has 2 aliphatic rings. The van der Waals surface area contributed by atoms with Gasteiger partial charge in [0.25, 0.3) is 0 Å².